The summed E-state index contributed by atoms with van der Waals surface area (Å²) in [5.41, 5.74) is 5.65. The van der Waals surface area contributed by atoms with Gasteiger partial charge in [0.25, 0.3) is 0 Å². The largest absolute Gasteiger partial charge is 0.373 e. The molecule has 1 rings (SSSR count). The fraction of sp³-hybridized carbons (Fsp3) is 0.909. The Morgan fingerprint density at radius 2 is 2.33 bits per heavy atom. The molecule has 0 aromatic heterocycles. The van der Waals surface area contributed by atoms with E-state index in [0.29, 0.717) is 18.4 Å². The van der Waals surface area contributed by atoms with Crippen LogP contribution in [0.25, 0.3) is 0 Å². The summed E-state index contributed by atoms with van der Waals surface area (Å²) in [5.74, 6) is 1.11. The number of nitrogens with two attached hydrogens (primary N) is 1. The Kier molecular flexibility index (Phi) is 4.39. The van der Waals surface area contributed by atoms with Crippen LogP contribution in [0.2, 0.25) is 0 Å². The Balaban J connectivity index is 2.29. The van der Waals surface area contributed by atoms with Gasteiger partial charge in [-0.15, -0.1) is 0 Å². The lowest BCUT2D eigenvalue weighted by Crippen LogP contribution is -2.36. The number of nitrogens with zero attached hydrogens (tertiary/aromatic N) is 1. The SMILES string of the molecule is CC(C)CNC(N)=NCC1(C)CCCO1. The molecule has 1 atom stereocenters. The van der Waals surface area contributed by atoms with Gasteiger partial charge < -0.3 is 15.8 Å². The first-order valence-electron chi connectivity index (χ1n) is 5.69. The van der Waals surface area contributed by atoms with Crippen LogP contribution in [-0.4, -0.2) is 31.3 Å². The van der Waals surface area contributed by atoms with Gasteiger partial charge in [-0.3, -0.25) is 4.99 Å². The van der Waals surface area contributed by atoms with E-state index in [1.54, 1.807) is 0 Å². The van der Waals surface area contributed by atoms with E-state index >= 15 is 0 Å². The van der Waals surface area contributed by atoms with Gasteiger partial charge in [0.2, 0.25) is 0 Å². The van der Waals surface area contributed by atoms with E-state index in [-0.39, 0.29) is 5.60 Å². The molecule has 1 aliphatic rings. The monoisotopic (exact) mass is 213 g/mol. The fourth-order valence-electron chi connectivity index (χ4n) is 1.58. The maximum Gasteiger partial charge on any atom is 0.188 e. The average Bonchev–Trinajstić information content (AvgIpc) is 2.60. The zero-order chi connectivity index (χ0) is 11.3. The van der Waals surface area contributed by atoms with Crippen LogP contribution >= 0.6 is 0 Å². The van der Waals surface area contributed by atoms with Gasteiger partial charge in [0.05, 0.1) is 12.1 Å². The van der Waals surface area contributed by atoms with E-state index in [9.17, 15) is 0 Å². The smallest absolute Gasteiger partial charge is 0.188 e. The molecule has 0 amide bonds. The lowest BCUT2D eigenvalue weighted by atomic mass is 10.0. The molecule has 3 N–H and O–H groups in total. The molecular formula is C11H23N3O. The van der Waals surface area contributed by atoms with Crippen molar-refractivity contribution in [3.8, 4) is 0 Å². The molecule has 0 spiro atoms. The summed E-state index contributed by atoms with van der Waals surface area (Å²) in [6.07, 6.45) is 2.21. The van der Waals surface area contributed by atoms with E-state index in [2.05, 4.69) is 31.1 Å². The molecule has 1 heterocycles. The van der Waals surface area contributed by atoms with Crippen LogP contribution in [0, 0.1) is 5.92 Å². The average molecular weight is 213 g/mol. The van der Waals surface area contributed by atoms with Crippen molar-refractivity contribution in [2.24, 2.45) is 16.6 Å². The highest BCUT2D eigenvalue weighted by atomic mass is 16.5. The summed E-state index contributed by atoms with van der Waals surface area (Å²) < 4.78 is 5.63. The molecule has 1 saturated heterocycles. The number of guanidine groups is 1. The summed E-state index contributed by atoms with van der Waals surface area (Å²) in [5, 5.41) is 3.10. The van der Waals surface area contributed by atoms with E-state index in [0.717, 1.165) is 26.0 Å². The van der Waals surface area contributed by atoms with Crippen molar-refractivity contribution in [2.75, 3.05) is 19.7 Å². The maximum atomic E-state index is 5.74. The quantitative estimate of drug-likeness (QED) is 0.543. The van der Waals surface area contributed by atoms with Crippen LogP contribution < -0.4 is 11.1 Å². The first-order valence-corrected chi connectivity index (χ1v) is 5.69. The van der Waals surface area contributed by atoms with Crippen LogP contribution in [0.15, 0.2) is 4.99 Å². The highest BCUT2D eigenvalue weighted by molar-refractivity contribution is 5.77. The number of aliphatic imine (C=N–C) groups is 1. The predicted octanol–water partition coefficient (Wildman–Crippen LogP) is 1.12. The van der Waals surface area contributed by atoms with Gasteiger partial charge in [-0.05, 0) is 25.7 Å². The molecule has 88 valence electrons. The van der Waals surface area contributed by atoms with Gasteiger partial charge in [0.15, 0.2) is 5.96 Å². The molecule has 1 aliphatic heterocycles. The van der Waals surface area contributed by atoms with Crippen molar-refractivity contribution < 1.29 is 4.74 Å². The molecule has 0 bridgehead atoms. The summed E-state index contributed by atoms with van der Waals surface area (Å²) in [6.45, 7) is 8.75. The zero-order valence-electron chi connectivity index (χ0n) is 10.0. The second-order valence-electron chi connectivity index (χ2n) is 4.88. The first kappa shape index (κ1) is 12.3. The van der Waals surface area contributed by atoms with Crippen LogP contribution in [0.4, 0.5) is 0 Å². The van der Waals surface area contributed by atoms with E-state index in [1.165, 1.54) is 0 Å². The Morgan fingerprint density at radius 3 is 2.87 bits per heavy atom. The van der Waals surface area contributed by atoms with E-state index < -0.39 is 0 Å². The molecule has 0 radical (unpaired) electrons. The summed E-state index contributed by atoms with van der Waals surface area (Å²) in [6, 6.07) is 0. The van der Waals surface area contributed by atoms with Crippen molar-refractivity contribution in [1.29, 1.82) is 0 Å². The Hall–Kier alpha value is -0.770. The molecule has 0 saturated carbocycles. The van der Waals surface area contributed by atoms with Gasteiger partial charge in [-0.2, -0.15) is 0 Å². The molecule has 4 nitrogen and oxygen atoms in total. The number of ether oxygens (including phenoxy) is 1. The second kappa shape index (κ2) is 5.35. The maximum absolute atomic E-state index is 5.74. The van der Waals surface area contributed by atoms with Crippen LogP contribution in [0.1, 0.15) is 33.6 Å². The predicted molar refractivity (Wildman–Crippen MR) is 62.9 cm³/mol. The zero-order valence-corrected chi connectivity index (χ0v) is 10.0. The summed E-state index contributed by atoms with van der Waals surface area (Å²) >= 11 is 0. The van der Waals surface area contributed by atoms with Crippen molar-refractivity contribution in [2.45, 2.75) is 39.2 Å². The standard InChI is InChI=1S/C11H23N3O/c1-9(2)7-13-10(12)14-8-11(3)5-4-6-15-11/h9H,4-8H2,1-3H3,(H3,12,13,14). The third-order valence-electron chi connectivity index (χ3n) is 2.58. The minimum absolute atomic E-state index is 0.0931. The summed E-state index contributed by atoms with van der Waals surface area (Å²) in [7, 11) is 0. The number of nitrogens with one attached hydrogen (secondary N) is 1. The number of hydrogen-bond donors (Lipinski definition) is 2. The summed E-state index contributed by atoms with van der Waals surface area (Å²) in [4.78, 5) is 4.31. The molecule has 4 heteroatoms. The second-order valence-corrected chi connectivity index (χ2v) is 4.88. The topological polar surface area (TPSA) is 59.6 Å². The Labute approximate surface area is 92.3 Å². The van der Waals surface area contributed by atoms with Crippen molar-refractivity contribution >= 4 is 5.96 Å². The third-order valence-corrected chi connectivity index (χ3v) is 2.58. The minimum atomic E-state index is -0.0931. The molecule has 0 aliphatic carbocycles. The third kappa shape index (κ3) is 4.51. The van der Waals surface area contributed by atoms with Crippen LogP contribution in [-0.2, 0) is 4.74 Å². The van der Waals surface area contributed by atoms with Gasteiger partial charge in [0.1, 0.15) is 0 Å². The Morgan fingerprint density at radius 1 is 1.60 bits per heavy atom. The fourth-order valence-corrected chi connectivity index (χ4v) is 1.58. The molecule has 1 unspecified atom stereocenters. The molecule has 0 aromatic rings. The van der Waals surface area contributed by atoms with Crippen molar-refractivity contribution in [3.05, 3.63) is 0 Å². The van der Waals surface area contributed by atoms with E-state index in [4.69, 9.17) is 10.5 Å². The molecule has 1 fully saturated rings. The first-order chi connectivity index (χ1) is 7.02. The number of rotatable bonds is 4. The highest BCUT2D eigenvalue weighted by Gasteiger charge is 2.29. The van der Waals surface area contributed by atoms with Gasteiger partial charge in [-0.25, -0.2) is 0 Å². The van der Waals surface area contributed by atoms with Crippen LogP contribution in [0.3, 0.4) is 0 Å². The van der Waals surface area contributed by atoms with Crippen LogP contribution in [0.5, 0.6) is 0 Å². The van der Waals surface area contributed by atoms with Crippen molar-refractivity contribution in [1.82, 2.24) is 5.32 Å². The molecule has 15 heavy (non-hydrogen) atoms. The molecular weight excluding hydrogens is 190 g/mol. The van der Waals surface area contributed by atoms with E-state index in [1.807, 2.05) is 0 Å². The molecule has 0 aromatic carbocycles. The highest BCUT2D eigenvalue weighted by Crippen LogP contribution is 2.24. The Bertz CT molecular complexity index is 220. The minimum Gasteiger partial charge on any atom is -0.373 e. The van der Waals surface area contributed by atoms with Gasteiger partial charge in [-0.1, -0.05) is 13.8 Å². The van der Waals surface area contributed by atoms with Gasteiger partial charge >= 0.3 is 0 Å². The van der Waals surface area contributed by atoms with Crippen molar-refractivity contribution in [3.63, 3.8) is 0 Å². The van der Waals surface area contributed by atoms with Gasteiger partial charge in [0, 0.05) is 13.2 Å². The lowest BCUT2D eigenvalue weighted by Gasteiger charge is -2.20. The lowest BCUT2D eigenvalue weighted by molar-refractivity contribution is 0.0284. The number of hydrogen-bond acceptors (Lipinski definition) is 2. The normalized spacial score (nSPS) is 27.3.